The minimum atomic E-state index is -0.819. The first-order chi connectivity index (χ1) is 40.0. The van der Waals surface area contributed by atoms with E-state index in [9.17, 15) is 14.4 Å². The molecule has 0 N–H and O–H groups in total. The first-order valence-corrected chi connectivity index (χ1v) is 33.3. The number of carbonyl (C=O) groups is 3. The predicted molar refractivity (Wildman–Crippen MR) is 352 cm³/mol. The van der Waals surface area contributed by atoms with Crippen molar-refractivity contribution in [3.63, 3.8) is 0 Å². The number of allylic oxidation sites excluding steroid dienone is 24. The highest BCUT2D eigenvalue weighted by Crippen LogP contribution is 2.15. The number of ether oxygens (including phenoxy) is 3. The zero-order valence-corrected chi connectivity index (χ0v) is 52.5. The van der Waals surface area contributed by atoms with Crippen LogP contribution in [0.2, 0.25) is 0 Å². The SMILES string of the molecule is CC/C=C\C/C=C\C/C=C\C/C=C\C/C=C\C/C=C\CCCCCCCCCCC(=O)OCC(COC(=O)CC/C=C\C/C=C\C/C=C\C/C=C\CC)OC(=O)CCCCCCCCCCCCC/C=C\C/C=C\CCCCCCC. The number of carbonyl (C=O) groups excluding carboxylic acids is 3. The number of hydrogen-bond acceptors (Lipinski definition) is 6. The van der Waals surface area contributed by atoms with Crippen LogP contribution in [0.3, 0.4) is 0 Å². The Morgan fingerprint density at radius 1 is 0.259 bits per heavy atom. The van der Waals surface area contributed by atoms with Crippen molar-refractivity contribution in [1.29, 1.82) is 0 Å². The average Bonchev–Trinajstić information content (AvgIpc) is 3.46. The highest BCUT2D eigenvalue weighted by molar-refractivity contribution is 5.71. The van der Waals surface area contributed by atoms with E-state index in [2.05, 4.69) is 161 Å². The third-order valence-electron chi connectivity index (χ3n) is 13.8. The highest BCUT2D eigenvalue weighted by Gasteiger charge is 2.19. The van der Waals surface area contributed by atoms with Crippen LogP contribution in [0.1, 0.15) is 290 Å². The average molecular weight is 1120 g/mol. The Kier molecular flexibility index (Phi) is 63.9. The van der Waals surface area contributed by atoms with Gasteiger partial charge in [0, 0.05) is 19.3 Å². The minimum Gasteiger partial charge on any atom is -0.462 e. The van der Waals surface area contributed by atoms with Crippen molar-refractivity contribution in [2.45, 2.75) is 297 Å². The van der Waals surface area contributed by atoms with Crippen molar-refractivity contribution < 1.29 is 28.6 Å². The van der Waals surface area contributed by atoms with Crippen molar-refractivity contribution >= 4 is 17.9 Å². The lowest BCUT2D eigenvalue weighted by Crippen LogP contribution is -2.30. The Morgan fingerprint density at radius 3 is 0.827 bits per heavy atom. The smallest absolute Gasteiger partial charge is 0.306 e. The molecule has 0 aliphatic heterocycles. The second-order valence-electron chi connectivity index (χ2n) is 21.6. The fourth-order valence-corrected chi connectivity index (χ4v) is 8.90. The Bertz CT molecular complexity index is 1760. The number of rotatable bonds is 59. The van der Waals surface area contributed by atoms with Gasteiger partial charge in [-0.2, -0.15) is 0 Å². The standard InChI is InChI=1S/C75H122O6/c1-4-7-10-13-16-19-22-25-27-29-31-33-35-36-37-38-40-41-43-45-47-50-53-56-59-62-65-68-74(77)80-71-72(70-79-73(76)67-64-61-58-55-52-49-24-21-18-15-12-9-6-3)81-75(78)69-66-63-60-57-54-51-48-46-44-42-39-34-32-30-28-26-23-20-17-14-11-8-5-2/h7,9-10,12,16,18-19,21,23,25-27,30-33,36-37,40-41,49,52,58,61,72H,4-6,8,11,13-15,17,20,22,24,28-29,34-35,38-39,42-48,50-51,53-57,59-60,62-71H2,1-3H3/b10-7-,12-9-,19-16-,21-18-,26-23-,27-25-,32-30-,33-31-,37-36-,41-40-,52-49-,61-58-. The molecule has 0 bridgehead atoms. The molecule has 0 spiro atoms. The molecule has 458 valence electrons. The Labute approximate surface area is 499 Å². The Hall–Kier alpha value is -4.71. The normalized spacial score (nSPS) is 13.1. The van der Waals surface area contributed by atoms with Crippen LogP contribution in [0, 0.1) is 0 Å². The number of unbranched alkanes of at least 4 members (excludes halogenated alkanes) is 24. The molecule has 0 amide bonds. The summed E-state index contributed by atoms with van der Waals surface area (Å²) in [4.78, 5) is 38.3. The summed E-state index contributed by atoms with van der Waals surface area (Å²) in [5.41, 5.74) is 0. The number of hydrogen-bond donors (Lipinski definition) is 0. The van der Waals surface area contributed by atoms with E-state index in [1.165, 1.54) is 128 Å². The Morgan fingerprint density at radius 2 is 0.506 bits per heavy atom. The van der Waals surface area contributed by atoms with Crippen LogP contribution >= 0.6 is 0 Å². The molecule has 0 aromatic heterocycles. The van der Waals surface area contributed by atoms with Crippen molar-refractivity contribution in [2.75, 3.05) is 13.2 Å². The quantitative estimate of drug-likeness (QED) is 0.0261. The maximum Gasteiger partial charge on any atom is 0.306 e. The Balaban J connectivity index is 4.39. The third-order valence-corrected chi connectivity index (χ3v) is 13.8. The van der Waals surface area contributed by atoms with Gasteiger partial charge in [-0.1, -0.05) is 289 Å². The van der Waals surface area contributed by atoms with E-state index >= 15 is 0 Å². The second-order valence-corrected chi connectivity index (χ2v) is 21.6. The maximum atomic E-state index is 12.9. The molecule has 0 aromatic rings. The molecule has 0 radical (unpaired) electrons. The summed E-state index contributed by atoms with van der Waals surface area (Å²) in [5, 5.41) is 0. The molecule has 0 rings (SSSR count). The fraction of sp³-hybridized carbons (Fsp3) is 0.640. The van der Waals surface area contributed by atoms with E-state index in [-0.39, 0.29) is 37.5 Å². The van der Waals surface area contributed by atoms with Gasteiger partial charge in [-0.05, 0) is 128 Å². The fourth-order valence-electron chi connectivity index (χ4n) is 8.90. The van der Waals surface area contributed by atoms with Gasteiger partial charge in [0.2, 0.25) is 0 Å². The minimum absolute atomic E-state index is 0.110. The summed E-state index contributed by atoms with van der Waals surface area (Å²) >= 11 is 0. The van der Waals surface area contributed by atoms with E-state index < -0.39 is 6.10 Å². The zero-order chi connectivity index (χ0) is 58.5. The molecule has 0 fully saturated rings. The van der Waals surface area contributed by atoms with Crippen LogP contribution in [0.5, 0.6) is 0 Å². The van der Waals surface area contributed by atoms with Gasteiger partial charge < -0.3 is 14.2 Å². The van der Waals surface area contributed by atoms with E-state index in [1.54, 1.807) is 0 Å². The third kappa shape index (κ3) is 66.0. The van der Waals surface area contributed by atoms with Crippen molar-refractivity contribution in [2.24, 2.45) is 0 Å². The molecule has 0 aliphatic rings. The summed E-state index contributed by atoms with van der Waals surface area (Å²) in [6, 6.07) is 0. The van der Waals surface area contributed by atoms with Gasteiger partial charge in [0.05, 0.1) is 0 Å². The summed E-state index contributed by atoms with van der Waals surface area (Å²) in [5.74, 6) is -1.00. The van der Waals surface area contributed by atoms with Gasteiger partial charge in [0.1, 0.15) is 13.2 Å². The molecule has 0 aromatic carbocycles. The molecule has 1 unspecified atom stereocenters. The first-order valence-electron chi connectivity index (χ1n) is 33.3. The van der Waals surface area contributed by atoms with Crippen LogP contribution < -0.4 is 0 Å². The molecule has 6 nitrogen and oxygen atoms in total. The highest BCUT2D eigenvalue weighted by atomic mass is 16.6. The van der Waals surface area contributed by atoms with Crippen LogP contribution in [0.25, 0.3) is 0 Å². The van der Waals surface area contributed by atoms with Gasteiger partial charge in [0.25, 0.3) is 0 Å². The molecule has 0 aliphatic carbocycles. The van der Waals surface area contributed by atoms with Gasteiger partial charge in [-0.3, -0.25) is 14.4 Å². The van der Waals surface area contributed by atoms with Crippen LogP contribution in [-0.2, 0) is 28.6 Å². The van der Waals surface area contributed by atoms with Gasteiger partial charge in [-0.25, -0.2) is 0 Å². The van der Waals surface area contributed by atoms with Crippen LogP contribution in [-0.4, -0.2) is 37.2 Å². The topological polar surface area (TPSA) is 78.9 Å². The molecular weight excluding hydrogens is 997 g/mol. The zero-order valence-electron chi connectivity index (χ0n) is 52.5. The summed E-state index contributed by atoms with van der Waals surface area (Å²) < 4.78 is 16.9. The molecule has 0 saturated heterocycles. The summed E-state index contributed by atoms with van der Waals surface area (Å²) in [6.07, 6.45) is 97.3. The van der Waals surface area contributed by atoms with Gasteiger partial charge in [-0.15, -0.1) is 0 Å². The van der Waals surface area contributed by atoms with Crippen molar-refractivity contribution in [3.05, 3.63) is 146 Å². The first kappa shape index (κ1) is 76.3. The monoisotopic (exact) mass is 1120 g/mol. The van der Waals surface area contributed by atoms with Crippen molar-refractivity contribution in [3.8, 4) is 0 Å². The number of esters is 3. The van der Waals surface area contributed by atoms with E-state index in [0.717, 1.165) is 116 Å². The largest absolute Gasteiger partial charge is 0.462 e. The molecule has 81 heavy (non-hydrogen) atoms. The summed E-state index contributed by atoms with van der Waals surface area (Å²) in [7, 11) is 0. The predicted octanol–water partition coefficient (Wildman–Crippen LogP) is 23.1. The molecular formula is C75H122O6. The van der Waals surface area contributed by atoms with Gasteiger partial charge >= 0.3 is 17.9 Å². The molecule has 6 heteroatoms. The maximum absolute atomic E-state index is 12.9. The lowest BCUT2D eigenvalue weighted by Gasteiger charge is -2.18. The lowest BCUT2D eigenvalue weighted by molar-refractivity contribution is -0.166. The van der Waals surface area contributed by atoms with Crippen LogP contribution in [0.4, 0.5) is 0 Å². The lowest BCUT2D eigenvalue weighted by atomic mass is 10.0. The summed E-state index contributed by atoms with van der Waals surface area (Å²) in [6.45, 7) is 6.34. The van der Waals surface area contributed by atoms with E-state index in [1.807, 2.05) is 6.08 Å². The molecule has 0 saturated carbocycles. The molecule has 0 heterocycles. The van der Waals surface area contributed by atoms with E-state index in [0.29, 0.717) is 19.3 Å². The van der Waals surface area contributed by atoms with E-state index in [4.69, 9.17) is 14.2 Å². The van der Waals surface area contributed by atoms with Crippen LogP contribution in [0.15, 0.2) is 146 Å². The molecule has 1 atom stereocenters. The van der Waals surface area contributed by atoms with Gasteiger partial charge in [0.15, 0.2) is 6.10 Å². The second kappa shape index (κ2) is 67.8. The van der Waals surface area contributed by atoms with Crippen molar-refractivity contribution in [1.82, 2.24) is 0 Å².